The van der Waals surface area contributed by atoms with Crippen LogP contribution in [0.4, 0.5) is 0 Å². The second kappa shape index (κ2) is 6.31. The second-order valence-electron chi connectivity index (χ2n) is 0.973. The lowest BCUT2D eigenvalue weighted by Gasteiger charge is -1.85. The summed E-state index contributed by atoms with van der Waals surface area (Å²) in [5, 5.41) is 0.591. The van der Waals surface area contributed by atoms with Gasteiger partial charge in [0.2, 0.25) is 0 Å². The van der Waals surface area contributed by atoms with Crippen LogP contribution in [0, 0.1) is 0 Å². The molecule has 0 atom stereocenters. The highest BCUT2D eigenvalue weighted by molar-refractivity contribution is 8.00. The van der Waals surface area contributed by atoms with Gasteiger partial charge in [0.15, 0.2) is 0 Å². The maximum atomic E-state index is 9.62. The summed E-state index contributed by atoms with van der Waals surface area (Å²) >= 11 is 6.85. The van der Waals surface area contributed by atoms with Crippen LogP contribution in [-0.4, -0.2) is 17.3 Å². The van der Waals surface area contributed by atoms with Crippen molar-refractivity contribution in [2.75, 3.05) is 11.0 Å². The highest BCUT2D eigenvalue weighted by Crippen LogP contribution is 2.01. The van der Waals surface area contributed by atoms with Crippen LogP contribution in [0.25, 0.3) is 0 Å². The average molecular weight is 139 g/mol. The van der Waals surface area contributed by atoms with Crippen molar-refractivity contribution >= 4 is 29.6 Å². The second-order valence-corrected chi connectivity index (χ2v) is 2.66. The van der Waals surface area contributed by atoms with Crippen molar-refractivity contribution in [2.24, 2.45) is 0 Å². The third-order valence-corrected chi connectivity index (χ3v) is 1.60. The van der Waals surface area contributed by atoms with Crippen LogP contribution in [0.2, 0.25) is 0 Å². The smallest absolute Gasteiger partial charge is 0.120 e. The number of alkyl halides is 1. The number of rotatable bonds is 4. The van der Waals surface area contributed by atoms with Crippen molar-refractivity contribution in [1.29, 1.82) is 0 Å². The fraction of sp³-hybridized carbons (Fsp3) is 0.750. The first kappa shape index (κ1) is 7.31. The Balaban J connectivity index is 2.56. The number of halogens is 1. The minimum absolute atomic E-state index is 0.591. The highest BCUT2D eigenvalue weighted by Gasteiger charge is 1.81. The molecule has 0 spiro atoms. The van der Waals surface area contributed by atoms with Gasteiger partial charge in [-0.15, -0.1) is 23.4 Å². The zero-order chi connectivity index (χ0) is 5.54. The molecule has 0 amide bonds. The topological polar surface area (TPSA) is 17.1 Å². The molecule has 0 rings (SSSR count). The molecule has 0 aromatic carbocycles. The van der Waals surface area contributed by atoms with E-state index < -0.39 is 0 Å². The van der Waals surface area contributed by atoms with Crippen LogP contribution in [0.3, 0.4) is 0 Å². The summed E-state index contributed by atoms with van der Waals surface area (Å²) in [6.07, 6.45) is 1.52. The molecule has 0 unspecified atom stereocenters. The molecule has 0 aliphatic rings. The van der Waals surface area contributed by atoms with Crippen LogP contribution < -0.4 is 0 Å². The van der Waals surface area contributed by atoms with Gasteiger partial charge in [0, 0.05) is 12.2 Å². The largest absolute Gasteiger partial charge is 0.303 e. The molecular formula is C4H7ClOS. The van der Waals surface area contributed by atoms with Crippen molar-refractivity contribution in [3.63, 3.8) is 0 Å². The SMILES string of the molecule is O=CCCSCCl. The van der Waals surface area contributed by atoms with Crippen LogP contribution in [-0.2, 0) is 4.79 Å². The Morgan fingerprint density at radius 1 is 1.71 bits per heavy atom. The molecule has 3 heteroatoms. The summed E-state index contributed by atoms with van der Waals surface area (Å²) in [4.78, 5) is 9.62. The van der Waals surface area contributed by atoms with Crippen LogP contribution in [0.5, 0.6) is 0 Å². The van der Waals surface area contributed by atoms with E-state index in [1.807, 2.05) is 0 Å². The van der Waals surface area contributed by atoms with E-state index in [0.29, 0.717) is 11.6 Å². The summed E-state index contributed by atoms with van der Waals surface area (Å²) < 4.78 is 0. The molecule has 0 aliphatic heterocycles. The Morgan fingerprint density at radius 3 is 2.86 bits per heavy atom. The lowest BCUT2D eigenvalue weighted by atomic mass is 10.6. The van der Waals surface area contributed by atoms with Gasteiger partial charge < -0.3 is 4.79 Å². The Kier molecular flexibility index (Phi) is 6.59. The molecule has 0 aliphatic carbocycles. The molecule has 0 aromatic rings. The standard InChI is InChI=1S/C4H7ClOS/c5-4-7-3-1-2-6/h2H,1,3-4H2. The number of carbonyl (C=O) groups is 1. The van der Waals surface area contributed by atoms with Gasteiger partial charge in [0.25, 0.3) is 0 Å². The number of thioether (sulfide) groups is 1. The Morgan fingerprint density at radius 2 is 2.43 bits per heavy atom. The van der Waals surface area contributed by atoms with E-state index in [4.69, 9.17) is 11.6 Å². The average Bonchev–Trinajstić information content (AvgIpc) is 1.69. The number of carbonyl (C=O) groups excluding carboxylic acids is 1. The molecule has 0 aromatic heterocycles. The maximum Gasteiger partial charge on any atom is 0.120 e. The van der Waals surface area contributed by atoms with Crippen LogP contribution >= 0.6 is 23.4 Å². The molecule has 0 saturated heterocycles. The van der Waals surface area contributed by atoms with Crippen LogP contribution in [0.1, 0.15) is 6.42 Å². The first-order chi connectivity index (χ1) is 3.41. The van der Waals surface area contributed by atoms with Crippen molar-refractivity contribution in [3.8, 4) is 0 Å². The third kappa shape index (κ3) is 6.31. The fourth-order valence-corrected chi connectivity index (χ4v) is 0.885. The van der Waals surface area contributed by atoms with E-state index in [1.165, 1.54) is 0 Å². The lowest BCUT2D eigenvalue weighted by molar-refractivity contribution is -0.107. The van der Waals surface area contributed by atoms with Gasteiger partial charge in [-0.1, -0.05) is 0 Å². The van der Waals surface area contributed by atoms with Gasteiger partial charge in [-0.2, -0.15) is 0 Å². The first-order valence-electron chi connectivity index (χ1n) is 1.99. The minimum Gasteiger partial charge on any atom is -0.303 e. The number of hydrogen-bond donors (Lipinski definition) is 0. The van der Waals surface area contributed by atoms with E-state index >= 15 is 0 Å². The predicted molar refractivity (Wildman–Crippen MR) is 33.9 cm³/mol. The summed E-state index contributed by atoms with van der Waals surface area (Å²) in [5.74, 6) is 0.854. The molecule has 1 nitrogen and oxygen atoms in total. The van der Waals surface area contributed by atoms with E-state index in [2.05, 4.69) is 0 Å². The number of aldehydes is 1. The van der Waals surface area contributed by atoms with E-state index in [-0.39, 0.29) is 0 Å². The van der Waals surface area contributed by atoms with Crippen molar-refractivity contribution in [3.05, 3.63) is 0 Å². The monoisotopic (exact) mass is 138 g/mol. The molecule has 0 saturated carbocycles. The molecule has 0 radical (unpaired) electrons. The van der Waals surface area contributed by atoms with Gasteiger partial charge in [-0.05, 0) is 0 Å². The Hall–Kier alpha value is 0.310. The lowest BCUT2D eigenvalue weighted by Crippen LogP contribution is -1.77. The first-order valence-corrected chi connectivity index (χ1v) is 3.68. The fourth-order valence-electron chi connectivity index (χ4n) is 0.186. The maximum absolute atomic E-state index is 9.62. The highest BCUT2D eigenvalue weighted by atomic mass is 35.5. The molecule has 0 bridgehead atoms. The molecular weight excluding hydrogens is 132 g/mol. The van der Waals surface area contributed by atoms with Crippen molar-refractivity contribution in [1.82, 2.24) is 0 Å². The Labute approximate surface area is 52.4 Å². The van der Waals surface area contributed by atoms with Gasteiger partial charge >= 0.3 is 0 Å². The van der Waals surface area contributed by atoms with Crippen molar-refractivity contribution < 1.29 is 4.79 Å². The normalized spacial score (nSPS) is 8.71. The van der Waals surface area contributed by atoms with Crippen LogP contribution in [0.15, 0.2) is 0 Å². The molecule has 0 heterocycles. The third-order valence-electron chi connectivity index (χ3n) is 0.457. The summed E-state index contributed by atoms with van der Waals surface area (Å²) in [7, 11) is 0. The quantitative estimate of drug-likeness (QED) is 0.333. The zero-order valence-electron chi connectivity index (χ0n) is 3.89. The van der Waals surface area contributed by atoms with E-state index in [1.54, 1.807) is 11.8 Å². The predicted octanol–water partition coefficient (Wildman–Crippen LogP) is 1.50. The van der Waals surface area contributed by atoms with Gasteiger partial charge in [0.1, 0.15) is 6.29 Å². The van der Waals surface area contributed by atoms with Gasteiger partial charge in [-0.25, -0.2) is 0 Å². The molecule has 0 fully saturated rings. The summed E-state index contributed by atoms with van der Waals surface area (Å²) in [6.45, 7) is 0. The van der Waals surface area contributed by atoms with Crippen molar-refractivity contribution in [2.45, 2.75) is 6.42 Å². The van der Waals surface area contributed by atoms with E-state index in [0.717, 1.165) is 12.0 Å². The summed E-state index contributed by atoms with van der Waals surface area (Å²) in [5.41, 5.74) is 0. The zero-order valence-corrected chi connectivity index (χ0v) is 5.47. The van der Waals surface area contributed by atoms with E-state index in [9.17, 15) is 4.79 Å². The Bertz CT molecular complexity index is 49.0. The van der Waals surface area contributed by atoms with Gasteiger partial charge in [0.05, 0.1) is 5.21 Å². The molecule has 42 valence electrons. The molecule has 7 heavy (non-hydrogen) atoms. The minimum atomic E-state index is 0.591. The molecule has 0 N–H and O–H groups in total. The number of hydrogen-bond acceptors (Lipinski definition) is 2. The summed E-state index contributed by atoms with van der Waals surface area (Å²) in [6, 6.07) is 0. The van der Waals surface area contributed by atoms with Gasteiger partial charge in [-0.3, -0.25) is 0 Å².